The van der Waals surface area contributed by atoms with Gasteiger partial charge in [-0.2, -0.15) is 0 Å². The van der Waals surface area contributed by atoms with E-state index in [1.807, 2.05) is 36.7 Å². The van der Waals surface area contributed by atoms with Crippen molar-refractivity contribution in [3.8, 4) is 11.1 Å². The summed E-state index contributed by atoms with van der Waals surface area (Å²) in [5, 5.41) is 3.21. The van der Waals surface area contributed by atoms with Crippen LogP contribution in [0.5, 0.6) is 0 Å². The monoisotopic (exact) mass is 334 g/mol. The quantitative estimate of drug-likeness (QED) is 0.880. The highest BCUT2D eigenvalue weighted by atomic mass is 79.9. The van der Waals surface area contributed by atoms with Crippen molar-refractivity contribution in [2.75, 3.05) is 18.4 Å². The highest BCUT2D eigenvalue weighted by Gasteiger charge is 2.15. The van der Waals surface area contributed by atoms with Crippen molar-refractivity contribution in [1.82, 2.24) is 9.97 Å². The van der Waals surface area contributed by atoms with E-state index >= 15 is 0 Å². The molecule has 5 heteroatoms. The molecule has 4 nitrogen and oxygen atoms in total. The molecule has 0 fully saturated rings. The fourth-order valence-corrected chi connectivity index (χ4v) is 1.87. The summed E-state index contributed by atoms with van der Waals surface area (Å²) in [5.74, 6) is 0.632. The number of rotatable bonds is 5. The molecule has 0 atom stereocenters. The second kappa shape index (κ2) is 6.33. The van der Waals surface area contributed by atoms with E-state index in [1.165, 1.54) is 0 Å². The first-order valence-electron chi connectivity index (χ1n) is 6.52. The topological polar surface area (TPSA) is 63.8 Å². The Kier molecular flexibility index (Phi) is 4.73. The molecule has 2 aromatic rings. The van der Waals surface area contributed by atoms with E-state index in [0.29, 0.717) is 12.5 Å². The summed E-state index contributed by atoms with van der Waals surface area (Å²) in [5.41, 5.74) is 7.83. The Hall–Kier alpha value is -1.46. The molecule has 0 aliphatic carbocycles. The first-order chi connectivity index (χ1) is 9.50. The maximum Gasteiger partial charge on any atom is 0.222 e. The Balaban J connectivity index is 2.05. The largest absolute Gasteiger partial charge is 0.354 e. The molecule has 1 aromatic carbocycles. The van der Waals surface area contributed by atoms with Gasteiger partial charge in [0.05, 0.1) is 0 Å². The average Bonchev–Trinajstić information content (AvgIpc) is 2.47. The number of nitrogens with one attached hydrogen (secondary N) is 1. The zero-order valence-electron chi connectivity index (χ0n) is 11.7. The minimum absolute atomic E-state index is 0.0355. The third-order valence-corrected chi connectivity index (χ3v) is 3.64. The summed E-state index contributed by atoms with van der Waals surface area (Å²) in [6, 6.07) is 8.08. The number of hydrogen-bond acceptors (Lipinski definition) is 4. The van der Waals surface area contributed by atoms with E-state index in [0.717, 1.165) is 22.1 Å². The molecule has 20 heavy (non-hydrogen) atoms. The molecule has 1 heterocycles. The molecule has 0 aliphatic heterocycles. The molecule has 0 aliphatic rings. The molecule has 0 unspecified atom stereocenters. The van der Waals surface area contributed by atoms with E-state index in [1.54, 1.807) is 0 Å². The molecule has 1 aromatic heterocycles. The Bertz CT molecular complexity index is 549. The Labute approximate surface area is 128 Å². The predicted octanol–water partition coefficient (Wildman–Crippen LogP) is 3.30. The van der Waals surface area contributed by atoms with Gasteiger partial charge in [0.1, 0.15) is 0 Å². The summed E-state index contributed by atoms with van der Waals surface area (Å²) in [4.78, 5) is 8.68. The molecule has 0 bridgehead atoms. The second-order valence-electron chi connectivity index (χ2n) is 5.52. The average molecular weight is 335 g/mol. The van der Waals surface area contributed by atoms with Crippen molar-refractivity contribution in [1.29, 1.82) is 0 Å². The lowest BCUT2D eigenvalue weighted by Gasteiger charge is -2.22. The number of halogens is 1. The van der Waals surface area contributed by atoms with Gasteiger partial charge in [-0.1, -0.05) is 41.9 Å². The number of anilines is 1. The lowest BCUT2D eigenvalue weighted by atomic mass is 9.94. The van der Waals surface area contributed by atoms with Gasteiger partial charge in [0.15, 0.2) is 0 Å². The molecule has 0 saturated carbocycles. The fraction of sp³-hybridized carbons (Fsp3) is 0.333. The fourth-order valence-electron chi connectivity index (χ4n) is 1.60. The zero-order chi connectivity index (χ0) is 14.6. The molecule has 0 radical (unpaired) electrons. The summed E-state index contributed by atoms with van der Waals surface area (Å²) in [7, 11) is 0. The van der Waals surface area contributed by atoms with Crippen LogP contribution < -0.4 is 11.1 Å². The van der Waals surface area contributed by atoms with Crippen molar-refractivity contribution in [2.45, 2.75) is 13.8 Å². The van der Waals surface area contributed by atoms with Crippen LogP contribution in [-0.4, -0.2) is 23.1 Å². The minimum atomic E-state index is 0.0355. The normalized spacial score (nSPS) is 11.4. The number of aromatic nitrogens is 2. The van der Waals surface area contributed by atoms with Gasteiger partial charge in [-0.15, -0.1) is 0 Å². The zero-order valence-corrected chi connectivity index (χ0v) is 13.3. The van der Waals surface area contributed by atoms with Crippen molar-refractivity contribution in [2.24, 2.45) is 11.1 Å². The molecular formula is C15H19BrN4. The molecule has 106 valence electrons. The van der Waals surface area contributed by atoms with Crippen LogP contribution in [0.1, 0.15) is 13.8 Å². The van der Waals surface area contributed by atoms with Gasteiger partial charge < -0.3 is 11.1 Å². The highest BCUT2D eigenvalue weighted by molar-refractivity contribution is 9.10. The van der Waals surface area contributed by atoms with Gasteiger partial charge in [-0.25, -0.2) is 9.97 Å². The Morgan fingerprint density at radius 2 is 1.70 bits per heavy atom. The van der Waals surface area contributed by atoms with Crippen LogP contribution in [0.4, 0.5) is 5.95 Å². The van der Waals surface area contributed by atoms with Crippen LogP contribution in [0.25, 0.3) is 11.1 Å². The maximum absolute atomic E-state index is 5.70. The molecule has 0 spiro atoms. The van der Waals surface area contributed by atoms with Gasteiger partial charge in [0, 0.05) is 29.0 Å². The minimum Gasteiger partial charge on any atom is -0.354 e. The summed E-state index contributed by atoms with van der Waals surface area (Å²) in [6.07, 6.45) is 3.65. The van der Waals surface area contributed by atoms with Crippen molar-refractivity contribution >= 4 is 21.9 Å². The third kappa shape index (κ3) is 4.02. The lowest BCUT2D eigenvalue weighted by Crippen LogP contribution is -2.31. The van der Waals surface area contributed by atoms with Gasteiger partial charge in [0.2, 0.25) is 5.95 Å². The van der Waals surface area contributed by atoms with Crippen molar-refractivity contribution in [3.05, 3.63) is 41.1 Å². The summed E-state index contributed by atoms with van der Waals surface area (Å²) < 4.78 is 1.06. The van der Waals surface area contributed by atoms with Crippen LogP contribution in [0.3, 0.4) is 0 Å². The number of benzene rings is 1. The summed E-state index contributed by atoms with van der Waals surface area (Å²) >= 11 is 3.42. The molecule has 3 N–H and O–H groups in total. The molecule has 2 rings (SSSR count). The number of hydrogen-bond donors (Lipinski definition) is 2. The van der Waals surface area contributed by atoms with Gasteiger partial charge in [-0.05, 0) is 29.7 Å². The standard InChI is InChI=1S/C15H19BrN4/c1-15(2,9-17)10-20-14-18-7-12(8-19-14)11-3-5-13(16)6-4-11/h3-8H,9-10,17H2,1-2H3,(H,18,19,20). The van der Waals surface area contributed by atoms with Gasteiger partial charge in [-0.3, -0.25) is 0 Å². The van der Waals surface area contributed by atoms with Crippen molar-refractivity contribution in [3.63, 3.8) is 0 Å². The second-order valence-corrected chi connectivity index (χ2v) is 6.44. The lowest BCUT2D eigenvalue weighted by molar-refractivity contribution is 0.404. The smallest absolute Gasteiger partial charge is 0.222 e. The molecule has 0 saturated heterocycles. The SMILES string of the molecule is CC(C)(CN)CNc1ncc(-c2ccc(Br)cc2)cn1. The van der Waals surface area contributed by atoms with Crippen LogP contribution >= 0.6 is 15.9 Å². The van der Waals surface area contributed by atoms with Crippen LogP contribution in [0.15, 0.2) is 41.1 Å². The summed E-state index contributed by atoms with van der Waals surface area (Å²) in [6.45, 7) is 5.59. The molecular weight excluding hydrogens is 316 g/mol. The Morgan fingerprint density at radius 1 is 1.10 bits per heavy atom. The molecule has 0 amide bonds. The predicted molar refractivity (Wildman–Crippen MR) is 86.5 cm³/mol. The number of nitrogens with two attached hydrogens (primary N) is 1. The highest BCUT2D eigenvalue weighted by Crippen LogP contribution is 2.21. The maximum atomic E-state index is 5.70. The van der Waals surface area contributed by atoms with E-state index in [9.17, 15) is 0 Å². The first-order valence-corrected chi connectivity index (χ1v) is 7.31. The van der Waals surface area contributed by atoms with Crippen molar-refractivity contribution < 1.29 is 0 Å². The van der Waals surface area contributed by atoms with Crippen LogP contribution in [-0.2, 0) is 0 Å². The first kappa shape index (κ1) is 14.9. The van der Waals surface area contributed by atoms with E-state index in [4.69, 9.17) is 5.73 Å². The van der Waals surface area contributed by atoms with E-state index < -0.39 is 0 Å². The van der Waals surface area contributed by atoms with Gasteiger partial charge >= 0.3 is 0 Å². The van der Waals surface area contributed by atoms with Crippen LogP contribution in [0.2, 0.25) is 0 Å². The van der Waals surface area contributed by atoms with Crippen LogP contribution in [0, 0.1) is 5.41 Å². The van der Waals surface area contributed by atoms with E-state index in [2.05, 4.69) is 45.1 Å². The Morgan fingerprint density at radius 3 is 2.25 bits per heavy atom. The third-order valence-electron chi connectivity index (χ3n) is 3.11. The van der Waals surface area contributed by atoms with Gasteiger partial charge in [0.25, 0.3) is 0 Å². The van der Waals surface area contributed by atoms with E-state index in [-0.39, 0.29) is 5.41 Å². The number of nitrogens with zero attached hydrogens (tertiary/aromatic N) is 2.